The van der Waals surface area contributed by atoms with Crippen molar-refractivity contribution in [1.29, 1.82) is 0 Å². The molecule has 100 valence electrons. The third kappa shape index (κ3) is 2.33. The average molecular weight is 264 g/mol. The molecule has 0 aliphatic carbocycles. The Balaban J connectivity index is 2.15. The molecule has 2 aromatic heterocycles. The highest BCUT2D eigenvalue weighted by Gasteiger charge is 2.10. The lowest BCUT2D eigenvalue weighted by Crippen LogP contribution is -2.02. The molecule has 4 heteroatoms. The Morgan fingerprint density at radius 3 is 2.55 bits per heavy atom. The van der Waals surface area contributed by atoms with Crippen LogP contribution in [0.25, 0.3) is 16.9 Å². The fourth-order valence-electron chi connectivity index (χ4n) is 2.13. The zero-order valence-electron chi connectivity index (χ0n) is 11.3. The van der Waals surface area contributed by atoms with Crippen molar-refractivity contribution < 1.29 is 0 Å². The van der Waals surface area contributed by atoms with Crippen LogP contribution in [0.3, 0.4) is 0 Å². The van der Waals surface area contributed by atoms with Crippen molar-refractivity contribution in [3.63, 3.8) is 0 Å². The zero-order valence-corrected chi connectivity index (χ0v) is 11.3. The Labute approximate surface area is 117 Å². The van der Waals surface area contributed by atoms with Crippen LogP contribution in [0.1, 0.15) is 11.4 Å². The molecular weight excluding hydrogens is 248 g/mol. The summed E-state index contributed by atoms with van der Waals surface area (Å²) in [5, 5.41) is 4.56. The molecule has 0 fully saturated rings. The number of nitrogens with zero attached hydrogens (tertiary/aromatic N) is 3. The topological polar surface area (TPSA) is 56.7 Å². The largest absolute Gasteiger partial charge is 0.325 e. The lowest BCUT2D eigenvalue weighted by Gasteiger charge is -2.07. The maximum Gasteiger partial charge on any atom is 0.0836 e. The highest BCUT2D eigenvalue weighted by atomic mass is 15.3. The summed E-state index contributed by atoms with van der Waals surface area (Å²) >= 11 is 0. The molecule has 2 N–H and O–H groups in total. The Hall–Kier alpha value is -2.46. The van der Waals surface area contributed by atoms with Gasteiger partial charge in [0.05, 0.1) is 23.3 Å². The normalized spacial score (nSPS) is 10.7. The molecule has 0 aliphatic rings. The average Bonchev–Trinajstić information content (AvgIpc) is 2.93. The summed E-state index contributed by atoms with van der Waals surface area (Å²) in [6.07, 6.45) is 1.83. The fraction of sp³-hybridized carbons (Fsp3) is 0.125. The first-order chi connectivity index (χ1) is 9.78. The maximum atomic E-state index is 5.72. The van der Waals surface area contributed by atoms with Gasteiger partial charge in [0.15, 0.2) is 0 Å². The van der Waals surface area contributed by atoms with Crippen molar-refractivity contribution in [2.45, 2.75) is 13.5 Å². The fourth-order valence-corrected chi connectivity index (χ4v) is 2.13. The molecule has 4 nitrogen and oxygen atoms in total. The van der Waals surface area contributed by atoms with Crippen molar-refractivity contribution in [3.8, 4) is 16.9 Å². The number of benzene rings is 1. The molecule has 3 aromatic rings. The lowest BCUT2D eigenvalue weighted by atomic mass is 10.1. The Kier molecular flexibility index (Phi) is 3.31. The van der Waals surface area contributed by atoms with Gasteiger partial charge in [0, 0.05) is 17.8 Å². The zero-order chi connectivity index (χ0) is 13.9. The molecule has 20 heavy (non-hydrogen) atoms. The van der Waals surface area contributed by atoms with E-state index in [1.165, 1.54) is 0 Å². The minimum Gasteiger partial charge on any atom is -0.325 e. The lowest BCUT2D eigenvalue weighted by molar-refractivity contribution is 0.833. The number of hydrogen-bond acceptors (Lipinski definition) is 3. The number of rotatable bonds is 3. The third-order valence-corrected chi connectivity index (χ3v) is 3.18. The van der Waals surface area contributed by atoms with Crippen LogP contribution in [-0.4, -0.2) is 14.8 Å². The highest BCUT2D eigenvalue weighted by Crippen LogP contribution is 2.23. The van der Waals surface area contributed by atoms with E-state index in [9.17, 15) is 0 Å². The molecule has 0 atom stereocenters. The van der Waals surface area contributed by atoms with Crippen LogP contribution < -0.4 is 5.73 Å². The first kappa shape index (κ1) is 12.6. The first-order valence-corrected chi connectivity index (χ1v) is 6.55. The first-order valence-electron chi connectivity index (χ1n) is 6.55. The predicted octanol–water partition coefficient (Wildman–Crippen LogP) is 2.70. The SMILES string of the molecule is Cc1ccc(-n2nc(CN)cc2-c2ccccc2)cn1. The van der Waals surface area contributed by atoms with E-state index in [1.807, 2.05) is 54.2 Å². The van der Waals surface area contributed by atoms with Crippen molar-refractivity contribution in [2.24, 2.45) is 5.73 Å². The molecule has 0 bridgehead atoms. The highest BCUT2D eigenvalue weighted by molar-refractivity contribution is 5.62. The summed E-state index contributed by atoms with van der Waals surface area (Å²) in [5.41, 5.74) is 10.6. The predicted molar refractivity (Wildman–Crippen MR) is 79.4 cm³/mol. The number of nitrogens with two attached hydrogens (primary N) is 1. The van der Waals surface area contributed by atoms with Crippen LogP contribution in [0, 0.1) is 6.92 Å². The molecule has 0 spiro atoms. The molecule has 2 heterocycles. The minimum atomic E-state index is 0.423. The third-order valence-electron chi connectivity index (χ3n) is 3.18. The van der Waals surface area contributed by atoms with E-state index in [0.29, 0.717) is 6.54 Å². The van der Waals surface area contributed by atoms with Crippen molar-refractivity contribution in [2.75, 3.05) is 0 Å². The molecule has 0 saturated heterocycles. The molecule has 0 saturated carbocycles. The summed E-state index contributed by atoms with van der Waals surface area (Å²) in [4.78, 5) is 4.33. The van der Waals surface area contributed by atoms with Crippen molar-refractivity contribution >= 4 is 0 Å². The van der Waals surface area contributed by atoms with E-state index >= 15 is 0 Å². The van der Waals surface area contributed by atoms with Crippen LogP contribution >= 0.6 is 0 Å². The van der Waals surface area contributed by atoms with Gasteiger partial charge in [0.25, 0.3) is 0 Å². The van der Waals surface area contributed by atoms with E-state index in [-0.39, 0.29) is 0 Å². The number of aryl methyl sites for hydroxylation is 1. The summed E-state index contributed by atoms with van der Waals surface area (Å²) in [5.74, 6) is 0. The van der Waals surface area contributed by atoms with Gasteiger partial charge in [-0.05, 0) is 25.1 Å². The molecule has 1 aromatic carbocycles. The molecule has 0 aliphatic heterocycles. The van der Waals surface area contributed by atoms with Crippen LogP contribution in [-0.2, 0) is 6.54 Å². The van der Waals surface area contributed by atoms with Gasteiger partial charge in [-0.15, -0.1) is 0 Å². The molecule has 0 radical (unpaired) electrons. The second-order valence-corrected chi connectivity index (χ2v) is 4.66. The van der Waals surface area contributed by atoms with Gasteiger partial charge in [0.1, 0.15) is 0 Å². The Bertz CT molecular complexity index is 699. The quantitative estimate of drug-likeness (QED) is 0.791. The van der Waals surface area contributed by atoms with E-state index in [1.54, 1.807) is 0 Å². The molecule has 3 rings (SSSR count). The van der Waals surface area contributed by atoms with Gasteiger partial charge in [-0.25, -0.2) is 4.68 Å². The van der Waals surface area contributed by atoms with Crippen LogP contribution in [0.2, 0.25) is 0 Å². The summed E-state index contributed by atoms with van der Waals surface area (Å²) in [6, 6.07) is 16.2. The van der Waals surface area contributed by atoms with Gasteiger partial charge in [-0.2, -0.15) is 5.10 Å². The van der Waals surface area contributed by atoms with Gasteiger partial charge < -0.3 is 5.73 Å². The maximum absolute atomic E-state index is 5.72. The minimum absolute atomic E-state index is 0.423. The Morgan fingerprint density at radius 2 is 1.90 bits per heavy atom. The number of aromatic nitrogens is 3. The van der Waals surface area contributed by atoms with Crippen LogP contribution in [0.15, 0.2) is 54.7 Å². The second kappa shape index (κ2) is 5.27. The van der Waals surface area contributed by atoms with Gasteiger partial charge in [-0.3, -0.25) is 4.98 Å². The number of pyridine rings is 1. The Morgan fingerprint density at radius 1 is 1.10 bits per heavy atom. The van der Waals surface area contributed by atoms with Crippen molar-refractivity contribution in [3.05, 3.63) is 66.1 Å². The molecule has 0 amide bonds. The smallest absolute Gasteiger partial charge is 0.0836 e. The summed E-state index contributed by atoms with van der Waals surface area (Å²) < 4.78 is 1.89. The molecular formula is C16H16N4. The standard InChI is InChI=1S/C16H16N4/c1-12-7-8-15(11-18-12)20-16(9-14(10-17)19-20)13-5-3-2-4-6-13/h2-9,11H,10,17H2,1H3. The summed E-state index contributed by atoms with van der Waals surface area (Å²) in [6.45, 7) is 2.39. The van der Waals surface area contributed by atoms with Gasteiger partial charge >= 0.3 is 0 Å². The number of hydrogen-bond donors (Lipinski definition) is 1. The van der Waals surface area contributed by atoms with E-state index in [0.717, 1.165) is 28.3 Å². The molecule has 0 unspecified atom stereocenters. The second-order valence-electron chi connectivity index (χ2n) is 4.66. The van der Waals surface area contributed by atoms with E-state index in [2.05, 4.69) is 22.2 Å². The summed E-state index contributed by atoms with van der Waals surface area (Å²) in [7, 11) is 0. The van der Waals surface area contributed by atoms with Crippen LogP contribution in [0.5, 0.6) is 0 Å². The monoisotopic (exact) mass is 264 g/mol. The van der Waals surface area contributed by atoms with Gasteiger partial charge in [0.2, 0.25) is 0 Å². The van der Waals surface area contributed by atoms with Crippen molar-refractivity contribution in [1.82, 2.24) is 14.8 Å². The van der Waals surface area contributed by atoms with E-state index < -0.39 is 0 Å². The van der Waals surface area contributed by atoms with Gasteiger partial charge in [-0.1, -0.05) is 30.3 Å². The van der Waals surface area contributed by atoms with Crippen LogP contribution in [0.4, 0.5) is 0 Å². The van der Waals surface area contributed by atoms with E-state index in [4.69, 9.17) is 5.73 Å².